The van der Waals surface area contributed by atoms with Gasteiger partial charge in [0, 0.05) is 11.6 Å². The summed E-state index contributed by atoms with van der Waals surface area (Å²) in [6, 6.07) is 5.25. The Balaban J connectivity index is 2.74. The van der Waals surface area contributed by atoms with Gasteiger partial charge in [-0.1, -0.05) is 18.2 Å². The van der Waals surface area contributed by atoms with Crippen LogP contribution in [0.4, 0.5) is 5.69 Å². The van der Waals surface area contributed by atoms with Crippen molar-refractivity contribution in [2.75, 3.05) is 0 Å². The third-order valence-corrected chi connectivity index (χ3v) is 2.23. The zero-order chi connectivity index (χ0) is 12.1. The number of nitro groups is 1. The van der Waals surface area contributed by atoms with Crippen LogP contribution in [0.5, 0.6) is 0 Å². The minimum Gasteiger partial charge on any atom is -0.480 e. The standard InChI is InChI=1S/C10H12N2O4/c11-8(10(13)14)6-5-7-3-1-2-4-9(7)12(15)16/h1-4,8H,5-6,11H2,(H,13,14)/t8-/m0/s1. The van der Waals surface area contributed by atoms with Crippen molar-refractivity contribution in [1.29, 1.82) is 0 Å². The summed E-state index contributed by atoms with van der Waals surface area (Å²) in [5.41, 5.74) is 5.83. The predicted molar refractivity (Wildman–Crippen MR) is 57.0 cm³/mol. The van der Waals surface area contributed by atoms with E-state index in [1.54, 1.807) is 18.2 Å². The van der Waals surface area contributed by atoms with Gasteiger partial charge in [0.15, 0.2) is 0 Å². The third kappa shape index (κ3) is 3.03. The number of nitrogens with zero attached hydrogens (tertiary/aromatic N) is 1. The van der Waals surface area contributed by atoms with E-state index in [0.29, 0.717) is 5.56 Å². The molecule has 0 bridgehead atoms. The molecule has 6 nitrogen and oxygen atoms in total. The maximum Gasteiger partial charge on any atom is 0.320 e. The first kappa shape index (κ1) is 12.1. The van der Waals surface area contributed by atoms with Crippen molar-refractivity contribution in [1.82, 2.24) is 0 Å². The van der Waals surface area contributed by atoms with Gasteiger partial charge in [0.1, 0.15) is 6.04 Å². The normalized spacial score (nSPS) is 12.1. The second kappa shape index (κ2) is 5.22. The van der Waals surface area contributed by atoms with Crippen molar-refractivity contribution in [3.8, 4) is 0 Å². The first-order valence-electron chi connectivity index (χ1n) is 4.73. The first-order valence-corrected chi connectivity index (χ1v) is 4.73. The fourth-order valence-corrected chi connectivity index (χ4v) is 1.33. The average Bonchev–Trinajstić information content (AvgIpc) is 2.25. The van der Waals surface area contributed by atoms with Crippen LogP contribution in [0.25, 0.3) is 0 Å². The van der Waals surface area contributed by atoms with Gasteiger partial charge in [-0.05, 0) is 12.8 Å². The van der Waals surface area contributed by atoms with Gasteiger partial charge in [-0.15, -0.1) is 0 Å². The Morgan fingerprint density at radius 3 is 2.69 bits per heavy atom. The van der Waals surface area contributed by atoms with E-state index < -0.39 is 16.9 Å². The molecule has 1 aromatic carbocycles. The van der Waals surface area contributed by atoms with Crippen molar-refractivity contribution < 1.29 is 14.8 Å². The summed E-state index contributed by atoms with van der Waals surface area (Å²) in [4.78, 5) is 20.7. The molecule has 16 heavy (non-hydrogen) atoms. The van der Waals surface area contributed by atoms with E-state index in [9.17, 15) is 14.9 Å². The fourth-order valence-electron chi connectivity index (χ4n) is 1.33. The van der Waals surface area contributed by atoms with Crippen molar-refractivity contribution in [3.05, 3.63) is 39.9 Å². The molecule has 0 amide bonds. The highest BCUT2D eigenvalue weighted by Crippen LogP contribution is 2.19. The van der Waals surface area contributed by atoms with Crippen LogP contribution in [0.3, 0.4) is 0 Å². The quantitative estimate of drug-likeness (QED) is 0.571. The molecule has 0 spiro atoms. The molecule has 0 aliphatic rings. The summed E-state index contributed by atoms with van der Waals surface area (Å²) in [6.45, 7) is 0. The number of aliphatic carboxylic acids is 1. The molecule has 0 aromatic heterocycles. The lowest BCUT2D eigenvalue weighted by Crippen LogP contribution is -2.30. The number of carboxylic acids is 1. The molecular formula is C10H12N2O4. The molecule has 1 aromatic rings. The number of carbonyl (C=O) groups is 1. The lowest BCUT2D eigenvalue weighted by molar-refractivity contribution is -0.385. The van der Waals surface area contributed by atoms with Gasteiger partial charge < -0.3 is 10.8 Å². The van der Waals surface area contributed by atoms with E-state index in [2.05, 4.69) is 0 Å². The van der Waals surface area contributed by atoms with Crippen LogP contribution in [0, 0.1) is 10.1 Å². The summed E-state index contributed by atoms with van der Waals surface area (Å²) >= 11 is 0. The van der Waals surface area contributed by atoms with Gasteiger partial charge in [-0.2, -0.15) is 0 Å². The van der Waals surface area contributed by atoms with E-state index in [-0.39, 0.29) is 18.5 Å². The average molecular weight is 224 g/mol. The zero-order valence-electron chi connectivity index (χ0n) is 8.50. The van der Waals surface area contributed by atoms with Crippen LogP contribution in [-0.2, 0) is 11.2 Å². The van der Waals surface area contributed by atoms with Crippen LogP contribution >= 0.6 is 0 Å². The van der Waals surface area contributed by atoms with Gasteiger partial charge in [0.25, 0.3) is 5.69 Å². The molecule has 1 atom stereocenters. The Bertz CT molecular complexity index is 406. The van der Waals surface area contributed by atoms with Crippen LogP contribution in [0.15, 0.2) is 24.3 Å². The summed E-state index contributed by atoms with van der Waals surface area (Å²) in [7, 11) is 0. The molecule has 6 heteroatoms. The molecule has 0 aliphatic carbocycles. The Morgan fingerprint density at radius 1 is 1.50 bits per heavy atom. The number of carboxylic acid groups (broad SMARTS) is 1. The second-order valence-corrected chi connectivity index (χ2v) is 3.37. The second-order valence-electron chi connectivity index (χ2n) is 3.37. The van der Waals surface area contributed by atoms with Gasteiger partial charge >= 0.3 is 5.97 Å². The number of aryl methyl sites for hydroxylation is 1. The van der Waals surface area contributed by atoms with Gasteiger partial charge in [-0.25, -0.2) is 0 Å². The summed E-state index contributed by atoms with van der Waals surface area (Å²) in [5.74, 6) is -1.10. The zero-order valence-corrected chi connectivity index (χ0v) is 8.50. The van der Waals surface area contributed by atoms with Crippen molar-refractivity contribution >= 4 is 11.7 Å². The van der Waals surface area contributed by atoms with E-state index in [4.69, 9.17) is 10.8 Å². The summed E-state index contributed by atoms with van der Waals surface area (Å²) in [6.07, 6.45) is 0.463. The molecule has 0 radical (unpaired) electrons. The van der Waals surface area contributed by atoms with Crippen LogP contribution in [0.1, 0.15) is 12.0 Å². The maximum absolute atomic E-state index is 10.7. The third-order valence-electron chi connectivity index (χ3n) is 2.23. The molecule has 86 valence electrons. The summed E-state index contributed by atoms with van der Waals surface area (Å²) in [5, 5.41) is 19.2. The monoisotopic (exact) mass is 224 g/mol. The Labute approximate surface area is 91.8 Å². The lowest BCUT2D eigenvalue weighted by Gasteiger charge is -2.06. The number of hydrogen-bond acceptors (Lipinski definition) is 4. The predicted octanol–water partition coefficient (Wildman–Crippen LogP) is 0.939. The molecular weight excluding hydrogens is 212 g/mol. The minimum absolute atomic E-state index is 0.0000822. The molecule has 0 fully saturated rings. The molecule has 1 rings (SSSR count). The van der Waals surface area contributed by atoms with Crippen molar-refractivity contribution in [2.24, 2.45) is 5.73 Å². The highest BCUT2D eigenvalue weighted by Gasteiger charge is 2.16. The fraction of sp³-hybridized carbons (Fsp3) is 0.300. The van der Waals surface area contributed by atoms with Gasteiger partial charge in [-0.3, -0.25) is 14.9 Å². The van der Waals surface area contributed by atoms with E-state index in [0.717, 1.165) is 0 Å². The van der Waals surface area contributed by atoms with E-state index in [1.165, 1.54) is 6.07 Å². The Morgan fingerprint density at radius 2 is 2.12 bits per heavy atom. The molecule has 0 aliphatic heterocycles. The van der Waals surface area contributed by atoms with Crippen LogP contribution in [0.2, 0.25) is 0 Å². The van der Waals surface area contributed by atoms with E-state index in [1.807, 2.05) is 0 Å². The molecule has 0 saturated carbocycles. The smallest absolute Gasteiger partial charge is 0.320 e. The molecule has 0 heterocycles. The number of nitro benzene ring substituents is 1. The molecule has 0 unspecified atom stereocenters. The largest absolute Gasteiger partial charge is 0.480 e. The Hall–Kier alpha value is -1.95. The number of benzene rings is 1. The van der Waals surface area contributed by atoms with Crippen LogP contribution < -0.4 is 5.73 Å². The van der Waals surface area contributed by atoms with Gasteiger partial charge in [0.05, 0.1) is 4.92 Å². The number of hydrogen-bond donors (Lipinski definition) is 2. The topological polar surface area (TPSA) is 106 Å². The lowest BCUT2D eigenvalue weighted by atomic mass is 10.0. The Kier molecular flexibility index (Phi) is 3.96. The summed E-state index contributed by atoms with van der Waals surface area (Å²) < 4.78 is 0. The maximum atomic E-state index is 10.7. The molecule has 0 saturated heterocycles. The number of rotatable bonds is 5. The SMILES string of the molecule is N[C@@H](CCc1ccccc1[N+](=O)[O-])C(=O)O. The minimum atomic E-state index is -1.10. The molecule has 3 N–H and O–H groups in total. The van der Waals surface area contributed by atoms with E-state index >= 15 is 0 Å². The van der Waals surface area contributed by atoms with Crippen molar-refractivity contribution in [2.45, 2.75) is 18.9 Å². The number of nitrogens with two attached hydrogens (primary N) is 1. The van der Waals surface area contributed by atoms with Crippen LogP contribution in [-0.4, -0.2) is 22.0 Å². The van der Waals surface area contributed by atoms with Gasteiger partial charge in [0.2, 0.25) is 0 Å². The van der Waals surface area contributed by atoms with Crippen molar-refractivity contribution in [3.63, 3.8) is 0 Å². The first-order chi connectivity index (χ1) is 7.52. The highest BCUT2D eigenvalue weighted by molar-refractivity contribution is 5.73. The highest BCUT2D eigenvalue weighted by atomic mass is 16.6. The number of para-hydroxylation sites is 1.